The second-order valence-electron chi connectivity index (χ2n) is 6.51. The van der Waals surface area contributed by atoms with E-state index < -0.39 is 36.4 Å². The fraction of sp³-hybridized carbons (Fsp3) is 0.333. The number of methoxy groups -OCH3 is 1. The highest BCUT2D eigenvalue weighted by Gasteiger charge is 2.27. The molecule has 9 heteroatoms. The largest absolute Gasteiger partial charge is 0.467 e. The van der Waals surface area contributed by atoms with Crippen LogP contribution in [0.2, 0.25) is 0 Å². The molecule has 2 rings (SSSR count). The van der Waals surface area contributed by atoms with Crippen molar-refractivity contribution in [1.29, 1.82) is 0 Å². The Morgan fingerprint density at radius 2 is 1.83 bits per heavy atom. The molecule has 0 fully saturated rings. The number of anilines is 1. The van der Waals surface area contributed by atoms with Gasteiger partial charge in [-0.05, 0) is 30.2 Å². The number of carbonyl (C=O) groups is 4. The smallest absolute Gasteiger partial charge is 0.340 e. The topological polar surface area (TPSA) is 124 Å². The lowest BCUT2D eigenvalue weighted by Gasteiger charge is -2.21. The molecule has 0 saturated heterocycles. The average Bonchev–Trinajstić information content (AvgIpc) is 3.30. The molecule has 0 aliphatic rings. The standard InChI is InChI=1S/C21H24N2O7/c1-4-13(2)18(21(27)28-3)23-17(24)12-30-20(26)14-8-5-6-9-15(14)22-19(25)16-10-7-11-29-16/h5-11,13,18H,4,12H2,1-3H3,(H,22,25)(H,23,24)/t13-,18-/m1/s1. The molecule has 1 heterocycles. The number of rotatable bonds is 9. The third-order valence-corrected chi connectivity index (χ3v) is 4.46. The average molecular weight is 416 g/mol. The van der Waals surface area contributed by atoms with Gasteiger partial charge < -0.3 is 24.5 Å². The number of amides is 2. The molecule has 30 heavy (non-hydrogen) atoms. The molecule has 2 amide bonds. The Balaban J connectivity index is 2.00. The Hall–Kier alpha value is -3.62. The maximum Gasteiger partial charge on any atom is 0.340 e. The highest BCUT2D eigenvalue weighted by molar-refractivity contribution is 6.06. The molecule has 0 aliphatic heterocycles. The fourth-order valence-electron chi connectivity index (χ4n) is 2.58. The molecular formula is C21H24N2O7. The zero-order valence-electron chi connectivity index (χ0n) is 17.0. The molecule has 2 atom stereocenters. The summed E-state index contributed by atoms with van der Waals surface area (Å²) < 4.78 is 14.8. The summed E-state index contributed by atoms with van der Waals surface area (Å²) in [6.07, 6.45) is 2.00. The monoisotopic (exact) mass is 416 g/mol. The van der Waals surface area contributed by atoms with E-state index in [2.05, 4.69) is 10.6 Å². The van der Waals surface area contributed by atoms with E-state index in [1.165, 1.54) is 31.6 Å². The molecule has 1 aromatic carbocycles. The van der Waals surface area contributed by atoms with Gasteiger partial charge in [0.15, 0.2) is 12.4 Å². The van der Waals surface area contributed by atoms with Gasteiger partial charge in [0.2, 0.25) is 0 Å². The summed E-state index contributed by atoms with van der Waals surface area (Å²) in [5.74, 6) is -2.64. The number of para-hydroxylation sites is 1. The molecule has 9 nitrogen and oxygen atoms in total. The van der Waals surface area contributed by atoms with Gasteiger partial charge >= 0.3 is 11.9 Å². The Bertz CT molecular complexity index is 893. The van der Waals surface area contributed by atoms with Gasteiger partial charge in [0, 0.05) is 0 Å². The van der Waals surface area contributed by atoms with E-state index in [-0.39, 0.29) is 22.9 Å². The molecule has 2 N–H and O–H groups in total. The van der Waals surface area contributed by atoms with E-state index >= 15 is 0 Å². The first kappa shape index (κ1) is 22.7. The molecule has 0 spiro atoms. The highest BCUT2D eigenvalue weighted by atomic mass is 16.5. The molecule has 0 unspecified atom stereocenters. The van der Waals surface area contributed by atoms with E-state index in [9.17, 15) is 19.2 Å². The van der Waals surface area contributed by atoms with Crippen molar-refractivity contribution in [3.63, 3.8) is 0 Å². The number of nitrogens with one attached hydrogen (secondary N) is 2. The van der Waals surface area contributed by atoms with Crippen molar-refractivity contribution in [2.24, 2.45) is 5.92 Å². The first-order chi connectivity index (χ1) is 14.4. The van der Waals surface area contributed by atoms with Gasteiger partial charge in [-0.2, -0.15) is 0 Å². The molecular weight excluding hydrogens is 392 g/mol. The van der Waals surface area contributed by atoms with Crippen LogP contribution in [0.15, 0.2) is 47.1 Å². The lowest BCUT2D eigenvalue weighted by atomic mass is 9.99. The summed E-state index contributed by atoms with van der Waals surface area (Å²) in [5, 5.41) is 5.08. The number of hydrogen-bond acceptors (Lipinski definition) is 7. The van der Waals surface area contributed by atoms with E-state index in [4.69, 9.17) is 13.9 Å². The second kappa shape index (κ2) is 10.8. The minimum atomic E-state index is -0.842. The van der Waals surface area contributed by atoms with Gasteiger partial charge in [-0.25, -0.2) is 9.59 Å². The maximum absolute atomic E-state index is 12.4. The number of esters is 2. The van der Waals surface area contributed by atoms with Crippen LogP contribution in [-0.2, 0) is 19.1 Å². The van der Waals surface area contributed by atoms with E-state index in [0.29, 0.717) is 6.42 Å². The minimum Gasteiger partial charge on any atom is -0.467 e. The third-order valence-electron chi connectivity index (χ3n) is 4.46. The zero-order valence-corrected chi connectivity index (χ0v) is 17.0. The molecule has 0 radical (unpaired) electrons. The van der Waals surface area contributed by atoms with Gasteiger partial charge in [0.1, 0.15) is 6.04 Å². The highest BCUT2D eigenvalue weighted by Crippen LogP contribution is 2.18. The molecule has 0 aliphatic carbocycles. The molecule has 0 bridgehead atoms. The van der Waals surface area contributed by atoms with Crippen molar-refractivity contribution in [2.75, 3.05) is 19.0 Å². The normalized spacial score (nSPS) is 12.4. The van der Waals surface area contributed by atoms with Gasteiger partial charge in [0.05, 0.1) is 24.6 Å². The molecule has 160 valence electrons. The quantitative estimate of drug-likeness (QED) is 0.602. The predicted molar refractivity (Wildman–Crippen MR) is 107 cm³/mol. The summed E-state index contributed by atoms with van der Waals surface area (Å²) in [5.41, 5.74) is 0.271. The van der Waals surface area contributed by atoms with Crippen LogP contribution in [-0.4, -0.2) is 43.5 Å². The van der Waals surface area contributed by atoms with Gasteiger partial charge in [-0.15, -0.1) is 0 Å². The Labute approximate surface area is 173 Å². The third kappa shape index (κ3) is 5.94. The number of furan rings is 1. The van der Waals surface area contributed by atoms with Crippen molar-refractivity contribution < 1.29 is 33.1 Å². The lowest BCUT2D eigenvalue weighted by molar-refractivity contribution is -0.147. The Morgan fingerprint density at radius 1 is 1.10 bits per heavy atom. The number of hydrogen-bond donors (Lipinski definition) is 2. The van der Waals surface area contributed by atoms with E-state index in [1.54, 1.807) is 25.1 Å². The summed E-state index contributed by atoms with van der Waals surface area (Å²) in [4.78, 5) is 48.6. The van der Waals surface area contributed by atoms with Crippen molar-refractivity contribution in [3.05, 3.63) is 54.0 Å². The predicted octanol–water partition coefficient (Wildman–Crippen LogP) is 2.39. The van der Waals surface area contributed by atoms with Crippen molar-refractivity contribution in [2.45, 2.75) is 26.3 Å². The van der Waals surface area contributed by atoms with Crippen LogP contribution in [0.3, 0.4) is 0 Å². The Morgan fingerprint density at radius 3 is 2.47 bits per heavy atom. The molecule has 0 saturated carbocycles. The number of benzene rings is 1. The second-order valence-corrected chi connectivity index (χ2v) is 6.51. The number of carbonyl (C=O) groups excluding carboxylic acids is 4. The van der Waals surface area contributed by atoms with Gasteiger partial charge in [-0.1, -0.05) is 32.4 Å². The number of ether oxygens (including phenoxy) is 2. The molecule has 1 aromatic heterocycles. The summed E-state index contributed by atoms with van der Waals surface area (Å²) in [6.45, 7) is 3.08. The molecule has 2 aromatic rings. The summed E-state index contributed by atoms with van der Waals surface area (Å²) in [7, 11) is 1.23. The van der Waals surface area contributed by atoms with Crippen LogP contribution in [0.25, 0.3) is 0 Å². The van der Waals surface area contributed by atoms with Gasteiger partial charge in [0.25, 0.3) is 11.8 Å². The first-order valence-corrected chi connectivity index (χ1v) is 9.35. The fourth-order valence-corrected chi connectivity index (χ4v) is 2.58. The first-order valence-electron chi connectivity index (χ1n) is 9.35. The Kier molecular flexibility index (Phi) is 8.16. The van der Waals surface area contributed by atoms with Crippen LogP contribution in [0, 0.1) is 5.92 Å². The van der Waals surface area contributed by atoms with Gasteiger partial charge in [-0.3, -0.25) is 9.59 Å². The van der Waals surface area contributed by atoms with Crippen LogP contribution in [0.1, 0.15) is 41.2 Å². The minimum absolute atomic E-state index is 0.0663. The van der Waals surface area contributed by atoms with Crippen molar-refractivity contribution >= 4 is 29.4 Å². The summed E-state index contributed by atoms with van der Waals surface area (Å²) >= 11 is 0. The van der Waals surface area contributed by atoms with Crippen LogP contribution < -0.4 is 10.6 Å². The maximum atomic E-state index is 12.4. The van der Waals surface area contributed by atoms with Crippen LogP contribution in [0.5, 0.6) is 0 Å². The van der Waals surface area contributed by atoms with E-state index in [0.717, 1.165) is 0 Å². The van der Waals surface area contributed by atoms with E-state index in [1.807, 2.05) is 6.92 Å². The summed E-state index contributed by atoms with van der Waals surface area (Å²) in [6, 6.07) is 8.40. The zero-order chi connectivity index (χ0) is 22.1. The van der Waals surface area contributed by atoms with Crippen LogP contribution in [0.4, 0.5) is 5.69 Å². The van der Waals surface area contributed by atoms with Crippen LogP contribution >= 0.6 is 0 Å². The van der Waals surface area contributed by atoms with Crippen molar-refractivity contribution in [3.8, 4) is 0 Å². The lowest BCUT2D eigenvalue weighted by Crippen LogP contribution is -2.47. The van der Waals surface area contributed by atoms with Crippen molar-refractivity contribution in [1.82, 2.24) is 5.32 Å². The SMILES string of the molecule is CC[C@@H](C)[C@@H](NC(=O)COC(=O)c1ccccc1NC(=O)c1ccco1)C(=O)OC.